The Kier molecular flexibility index (Phi) is 8.02. The van der Waals surface area contributed by atoms with Gasteiger partial charge in [0.1, 0.15) is 11.4 Å². The van der Waals surface area contributed by atoms with Crippen molar-refractivity contribution in [3.63, 3.8) is 0 Å². The molecule has 34 heavy (non-hydrogen) atoms. The number of phenolic OH excluding ortho intramolecular Hbond substituents is 1. The molecule has 0 atom stereocenters. The summed E-state index contributed by atoms with van der Waals surface area (Å²) in [4.78, 5) is 25.6. The van der Waals surface area contributed by atoms with E-state index in [-0.39, 0.29) is 11.4 Å². The van der Waals surface area contributed by atoms with E-state index in [0.717, 1.165) is 5.56 Å². The van der Waals surface area contributed by atoms with E-state index in [1.165, 1.54) is 26.5 Å². The molecule has 174 valence electrons. The number of nitrogens with zero attached hydrogens (tertiary/aromatic N) is 1. The van der Waals surface area contributed by atoms with Gasteiger partial charge in [0.2, 0.25) is 0 Å². The molecule has 0 bridgehead atoms. The number of aromatic hydroxyl groups is 1. The Balaban J connectivity index is 1.88. The van der Waals surface area contributed by atoms with Crippen LogP contribution in [0.15, 0.2) is 77.5 Å². The van der Waals surface area contributed by atoms with Crippen LogP contribution < -0.4 is 20.2 Å². The van der Waals surface area contributed by atoms with Gasteiger partial charge in [-0.05, 0) is 55.0 Å². The van der Waals surface area contributed by atoms with Crippen LogP contribution in [0.1, 0.15) is 27.0 Å². The fourth-order valence-electron chi connectivity index (χ4n) is 3.05. The normalized spacial score (nSPS) is 11.2. The highest BCUT2D eigenvalue weighted by Crippen LogP contribution is 2.28. The Labute approximate surface area is 197 Å². The number of phenols is 1. The van der Waals surface area contributed by atoms with E-state index in [2.05, 4.69) is 15.8 Å². The molecule has 0 aliphatic heterocycles. The van der Waals surface area contributed by atoms with Gasteiger partial charge in [-0.15, -0.1) is 0 Å². The average molecular weight is 460 g/mol. The molecule has 3 rings (SSSR count). The van der Waals surface area contributed by atoms with Crippen molar-refractivity contribution in [1.29, 1.82) is 0 Å². The maximum absolute atomic E-state index is 12.9. The quantitative estimate of drug-likeness (QED) is 0.271. The molecule has 0 radical (unpaired) electrons. The van der Waals surface area contributed by atoms with Gasteiger partial charge < -0.3 is 19.9 Å². The average Bonchev–Trinajstić information content (AvgIpc) is 2.86. The number of carbonyl (C=O) groups is 2. The fourth-order valence-corrected chi connectivity index (χ4v) is 3.05. The van der Waals surface area contributed by atoms with Crippen LogP contribution in [0.4, 0.5) is 0 Å². The molecule has 3 aromatic rings. The van der Waals surface area contributed by atoms with Gasteiger partial charge in [0.05, 0.1) is 20.4 Å². The van der Waals surface area contributed by atoms with Crippen molar-refractivity contribution in [3.05, 3.63) is 94.7 Å². The van der Waals surface area contributed by atoms with E-state index < -0.39 is 11.8 Å². The molecule has 0 heterocycles. The second-order valence-corrected chi connectivity index (χ2v) is 7.25. The highest BCUT2D eigenvalue weighted by molar-refractivity contribution is 6.05. The molecular weight excluding hydrogens is 434 g/mol. The molecule has 0 saturated heterocycles. The molecule has 0 unspecified atom stereocenters. The minimum atomic E-state index is -0.651. The molecule has 0 aromatic heterocycles. The zero-order valence-electron chi connectivity index (χ0n) is 19.0. The summed E-state index contributed by atoms with van der Waals surface area (Å²) in [5, 5.41) is 16.5. The van der Waals surface area contributed by atoms with Crippen molar-refractivity contribution in [2.24, 2.45) is 5.10 Å². The summed E-state index contributed by atoms with van der Waals surface area (Å²) in [5.74, 6) is -0.0767. The lowest BCUT2D eigenvalue weighted by atomic mass is 10.1. The number of amides is 2. The van der Waals surface area contributed by atoms with Gasteiger partial charge in [-0.2, -0.15) is 5.10 Å². The standard InChI is InChI=1S/C26H25N3O5/c1-17-9-11-22(30)20(13-17)16-27-29-26(32)21(28-25(31)19-7-5-4-6-8-19)14-18-10-12-23(33-2)24(15-18)34-3/h4-16,30H,1-3H3,(H,28,31)(H,29,32)/b21-14?,27-16+. The first-order valence-electron chi connectivity index (χ1n) is 10.3. The molecule has 3 N–H and O–H groups in total. The molecule has 0 fully saturated rings. The van der Waals surface area contributed by atoms with Crippen LogP contribution in [0, 0.1) is 6.92 Å². The molecule has 8 nitrogen and oxygen atoms in total. The van der Waals surface area contributed by atoms with Crippen LogP contribution in [0.25, 0.3) is 6.08 Å². The molecule has 0 spiro atoms. The summed E-state index contributed by atoms with van der Waals surface area (Å²) in [7, 11) is 3.03. The summed E-state index contributed by atoms with van der Waals surface area (Å²) in [6.07, 6.45) is 2.82. The van der Waals surface area contributed by atoms with Gasteiger partial charge in [0.25, 0.3) is 11.8 Å². The van der Waals surface area contributed by atoms with Crippen molar-refractivity contribution < 1.29 is 24.2 Å². The first-order chi connectivity index (χ1) is 16.4. The maximum atomic E-state index is 12.9. The van der Waals surface area contributed by atoms with Crippen LogP contribution in [0.3, 0.4) is 0 Å². The topological polar surface area (TPSA) is 109 Å². The van der Waals surface area contributed by atoms with E-state index in [1.807, 2.05) is 6.92 Å². The van der Waals surface area contributed by atoms with Gasteiger partial charge in [-0.3, -0.25) is 9.59 Å². The summed E-state index contributed by atoms with van der Waals surface area (Å²) in [6.45, 7) is 1.87. The van der Waals surface area contributed by atoms with Gasteiger partial charge >= 0.3 is 0 Å². The number of ether oxygens (including phenoxy) is 2. The zero-order chi connectivity index (χ0) is 24.5. The van der Waals surface area contributed by atoms with Crippen LogP contribution in [-0.2, 0) is 4.79 Å². The molecule has 3 aromatic carbocycles. The van der Waals surface area contributed by atoms with Crippen molar-refractivity contribution in [3.8, 4) is 17.2 Å². The van der Waals surface area contributed by atoms with Crippen LogP contribution >= 0.6 is 0 Å². The number of carbonyl (C=O) groups excluding carboxylic acids is 2. The Morgan fingerprint density at radius 2 is 1.68 bits per heavy atom. The number of hydrogen-bond acceptors (Lipinski definition) is 6. The lowest BCUT2D eigenvalue weighted by Crippen LogP contribution is -2.32. The van der Waals surface area contributed by atoms with Crippen molar-refractivity contribution in [2.45, 2.75) is 6.92 Å². The number of methoxy groups -OCH3 is 2. The summed E-state index contributed by atoms with van der Waals surface area (Å²) >= 11 is 0. The first-order valence-corrected chi connectivity index (χ1v) is 10.3. The lowest BCUT2D eigenvalue weighted by molar-refractivity contribution is -0.117. The minimum Gasteiger partial charge on any atom is -0.507 e. The highest BCUT2D eigenvalue weighted by atomic mass is 16.5. The Bertz CT molecular complexity index is 1240. The molecule has 0 aliphatic rings. The molecule has 2 amide bonds. The largest absolute Gasteiger partial charge is 0.507 e. The monoisotopic (exact) mass is 459 g/mol. The second-order valence-electron chi connectivity index (χ2n) is 7.25. The van der Waals surface area contributed by atoms with E-state index >= 15 is 0 Å². The number of hydrogen-bond donors (Lipinski definition) is 3. The number of hydrazone groups is 1. The minimum absolute atomic E-state index is 0.0297. The van der Waals surface area contributed by atoms with Gasteiger partial charge in [0.15, 0.2) is 11.5 Å². The number of nitrogens with one attached hydrogen (secondary N) is 2. The van der Waals surface area contributed by atoms with Crippen LogP contribution in [0.2, 0.25) is 0 Å². The zero-order valence-corrected chi connectivity index (χ0v) is 19.0. The molecule has 8 heteroatoms. The fraction of sp³-hybridized carbons (Fsp3) is 0.115. The summed E-state index contributed by atoms with van der Waals surface area (Å²) in [6, 6.07) is 18.6. The van der Waals surface area contributed by atoms with E-state index in [1.54, 1.807) is 66.7 Å². The van der Waals surface area contributed by atoms with E-state index in [0.29, 0.717) is 28.2 Å². The maximum Gasteiger partial charge on any atom is 0.287 e. The van der Waals surface area contributed by atoms with Crippen molar-refractivity contribution in [2.75, 3.05) is 14.2 Å². The highest BCUT2D eigenvalue weighted by Gasteiger charge is 2.15. The summed E-state index contributed by atoms with van der Waals surface area (Å²) in [5.41, 5.74) is 4.70. The van der Waals surface area contributed by atoms with Gasteiger partial charge in [-0.25, -0.2) is 5.43 Å². The second kappa shape index (κ2) is 11.3. The van der Waals surface area contributed by atoms with Gasteiger partial charge in [0, 0.05) is 11.1 Å². The molecule has 0 aliphatic carbocycles. The molecule has 0 saturated carbocycles. The summed E-state index contributed by atoms with van der Waals surface area (Å²) < 4.78 is 10.6. The predicted octanol–water partition coefficient (Wildman–Crippen LogP) is 3.64. The first kappa shape index (κ1) is 24.1. The number of aryl methyl sites for hydroxylation is 1. The number of rotatable bonds is 8. The third kappa shape index (κ3) is 6.23. The van der Waals surface area contributed by atoms with Crippen molar-refractivity contribution >= 4 is 24.1 Å². The Morgan fingerprint density at radius 1 is 0.941 bits per heavy atom. The molecular formula is C26H25N3O5. The Hall–Kier alpha value is -4.59. The Morgan fingerprint density at radius 3 is 2.38 bits per heavy atom. The number of benzene rings is 3. The van der Waals surface area contributed by atoms with Crippen molar-refractivity contribution in [1.82, 2.24) is 10.7 Å². The van der Waals surface area contributed by atoms with Crippen LogP contribution in [0.5, 0.6) is 17.2 Å². The van der Waals surface area contributed by atoms with E-state index in [4.69, 9.17) is 9.47 Å². The van der Waals surface area contributed by atoms with Gasteiger partial charge in [-0.1, -0.05) is 35.9 Å². The predicted molar refractivity (Wildman–Crippen MR) is 130 cm³/mol. The third-order valence-corrected chi connectivity index (χ3v) is 4.80. The third-order valence-electron chi connectivity index (χ3n) is 4.80. The SMILES string of the molecule is COc1ccc(C=C(NC(=O)c2ccccc2)C(=O)N/N=C/c2cc(C)ccc2O)cc1OC. The smallest absolute Gasteiger partial charge is 0.287 e. The lowest BCUT2D eigenvalue weighted by Gasteiger charge is -2.11. The van der Waals surface area contributed by atoms with Crippen LogP contribution in [-0.4, -0.2) is 37.4 Å². The van der Waals surface area contributed by atoms with E-state index in [9.17, 15) is 14.7 Å².